The van der Waals surface area contributed by atoms with Crippen molar-refractivity contribution in [1.29, 1.82) is 0 Å². The molecule has 2 N–H and O–H groups in total. The Kier molecular flexibility index (Phi) is 9.73. The standard InChI is InChI=1S/C40H34N4O4/c1-28-13-18-33(19-14-28)42-39(45)27-48-37-24-15-29(25-38(37)47-2)26-41-43-40(46)32-16-20-34(21-17-32)44-35(30-9-5-3-6-10-30)22-23-36(44)31-11-7-4-8-12-31/h3-26H,27H2,1-2H3,(H,42,45)(H,43,46)/b41-26+. The minimum Gasteiger partial charge on any atom is -0.493 e. The molecular weight excluding hydrogens is 600 g/mol. The predicted octanol–water partition coefficient (Wildman–Crippen LogP) is 7.91. The van der Waals surface area contributed by atoms with Gasteiger partial charge in [0.25, 0.3) is 11.8 Å². The average molecular weight is 635 g/mol. The molecule has 8 heteroatoms. The molecule has 0 aliphatic carbocycles. The van der Waals surface area contributed by atoms with Crippen molar-refractivity contribution in [3.8, 4) is 39.7 Å². The SMILES string of the molecule is COc1cc(/C=N/NC(=O)c2ccc(-n3c(-c4ccccc4)ccc3-c3ccccc3)cc2)ccc1OCC(=O)Nc1ccc(C)cc1. The van der Waals surface area contributed by atoms with Crippen LogP contribution in [0.25, 0.3) is 28.2 Å². The maximum Gasteiger partial charge on any atom is 0.271 e. The zero-order valence-corrected chi connectivity index (χ0v) is 26.6. The van der Waals surface area contributed by atoms with Crippen LogP contribution in [-0.2, 0) is 4.79 Å². The summed E-state index contributed by atoms with van der Waals surface area (Å²) in [5.41, 5.74) is 10.8. The lowest BCUT2D eigenvalue weighted by atomic mass is 10.1. The third kappa shape index (κ3) is 7.51. The summed E-state index contributed by atoms with van der Waals surface area (Å²) >= 11 is 0. The van der Waals surface area contributed by atoms with Crippen LogP contribution in [0, 0.1) is 6.92 Å². The van der Waals surface area contributed by atoms with Gasteiger partial charge in [0.05, 0.1) is 24.7 Å². The monoisotopic (exact) mass is 634 g/mol. The van der Waals surface area contributed by atoms with Gasteiger partial charge in [-0.15, -0.1) is 0 Å². The van der Waals surface area contributed by atoms with Gasteiger partial charge in [0, 0.05) is 16.9 Å². The van der Waals surface area contributed by atoms with Crippen LogP contribution in [0.3, 0.4) is 0 Å². The summed E-state index contributed by atoms with van der Waals surface area (Å²) in [4.78, 5) is 25.3. The Bertz CT molecular complexity index is 1980. The number of carbonyl (C=O) groups excluding carboxylic acids is 2. The quantitative estimate of drug-likeness (QED) is 0.112. The number of hydrogen-bond acceptors (Lipinski definition) is 5. The highest BCUT2D eigenvalue weighted by Gasteiger charge is 2.15. The number of hydrazone groups is 1. The van der Waals surface area contributed by atoms with Gasteiger partial charge in [-0.1, -0.05) is 78.4 Å². The van der Waals surface area contributed by atoms with Crippen LogP contribution < -0.4 is 20.2 Å². The predicted molar refractivity (Wildman–Crippen MR) is 190 cm³/mol. The zero-order chi connectivity index (χ0) is 33.3. The minimum atomic E-state index is -0.344. The summed E-state index contributed by atoms with van der Waals surface area (Å²) in [6.45, 7) is 1.80. The Hall–Kier alpha value is -6.41. The molecule has 238 valence electrons. The van der Waals surface area contributed by atoms with Gasteiger partial charge < -0.3 is 19.4 Å². The Balaban J connectivity index is 1.11. The van der Waals surface area contributed by atoms with Crippen LogP contribution in [0.5, 0.6) is 11.5 Å². The van der Waals surface area contributed by atoms with Crippen LogP contribution in [0.1, 0.15) is 21.5 Å². The lowest BCUT2D eigenvalue weighted by Gasteiger charge is -2.15. The van der Waals surface area contributed by atoms with E-state index in [1.807, 2.05) is 79.7 Å². The molecule has 0 bridgehead atoms. The highest BCUT2D eigenvalue weighted by molar-refractivity contribution is 5.95. The van der Waals surface area contributed by atoms with E-state index in [9.17, 15) is 9.59 Å². The molecule has 0 aliphatic rings. The van der Waals surface area contributed by atoms with Gasteiger partial charge in [0.15, 0.2) is 18.1 Å². The zero-order valence-electron chi connectivity index (χ0n) is 26.6. The van der Waals surface area contributed by atoms with E-state index >= 15 is 0 Å². The fraction of sp³-hybridized carbons (Fsp3) is 0.0750. The van der Waals surface area contributed by atoms with Crippen LogP contribution in [0.4, 0.5) is 5.69 Å². The summed E-state index contributed by atoms with van der Waals surface area (Å²) in [5, 5.41) is 6.94. The molecule has 0 atom stereocenters. The Morgan fingerprint density at radius 2 is 1.35 bits per heavy atom. The number of carbonyl (C=O) groups is 2. The van der Waals surface area contributed by atoms with E-state index in [1.165, 1.54) is 13.3 Å². The van der Waals surface area contributed by atoms with Crippen molar-refractivity contribution in [2.24, 2.45) is 5.10 Å². The van der Waals surface area contributed by atoms with Crippen molar-refractivity contribution in [2.75, 3.05) is 19.0 Å². The lowest BCUT2D eigenvalue weighted by molar-refractivity contribution is -0.118. The third-order valence-corrected chi connectivity index (χ3v) is 7.67. The Labute approximate surface area is 279 Å². The molecule has 48 heavy (non-hydrogen) atoms. The number of amides is 2. The number of aryl methyl sites for hydroxylation is 1. The minimum absolute atomic E-state index is 0.183. The molecule has 0 saturated heterocycles. The maximum absolute atomic E-state index is 13.0. The van der Waals surface area contributed by atoms with E-state index < -0.39 is 0 Å². The number of aromatic nitrogens is 1. The first-order valence-corrected chi connectivity index (χ1v) is 15.4. The first-order chi connectivity index (χ1) is 23.5. The van der Waals surface area contributed by atoms with Crippen LogP contribution in [0.15, 0.2) is 145 Å². The fourth-order valence-corrected chi connectivity index (χ4v) is 5.24. The molecule has 0 aliphatic heterocycles. The van der Waals surface area contributed by atoms with E-state index in [-0.39, 0.29) is 18.4 Å². The molecule has 1 aromatic heterocycles. The van der Waals surface area contributed by atoms with Gasteiger partial charge in [-0.3, -0.25) is 9.59 Å². The molecule has 2 amide bonds. The molecule has 0 spiro atoms. The number of nitrogens with one attached hydrogen (secondary N) is 2. The van der Waals surface area contributed by atoms with Crippen molar-refractivity contribution in [3.05, 3.63) is 156 Å². The highest BCUT2D eigenvalue weighted by atomic mass is 16.5. The first-order valence-electron chi connectivity index (χ1n) is 15.4. The van der Waals surface area contributed by atoms with E-state index in [0.29, 0.717) is 28.3 Å². The maximum atomic E-state index is 13.0. The summed E-state index contributed by atoms with van der Waals surface area (Å²) in [6.07, 6.45) is 1.51. The lowest BCUT2D eigenvalue weighted by Crippen LogP contribution is -2.20. The van der Waals surface area contributed by atoms with Crippen molar-refractivity contribution in [2.45, 2.75) is 6.92 Å². The average Bonchev–Trinajstić information content (AvgIpc) is 3.58. The van der Waals surface area contributed by atoms with E-state index in [2.05, 4.69) is 56.8 Å². The number of rotatable bonds is 11. The molecule has 0 radical (unpaired) electrons. The smallest absolute Gasteiger partial charge is 0.271 e. The number of anilines is 1. The molecule has 0 unspecified atom stereocenters. The van der Waals surface area contributed by atoms with Gasteiger partial charge >= 0.3 is 0 Å². The van der Waals surface area contributed by atoms with Gasteiger partial charge in [0.2, 0.25) is 0 Å². The van der Waals surface area contributed by atoms with Crippen LogP contribution >= 0.6 is 0 Å². The summed E-state index contributed by atoms with van der Waals surface area (Å²) in [6, 6.07) is 44.8. The second-order valence-corrected chi connectivity index (χ2v) is 11.0. The number of nitrogens with zero attached hydrogens (tertiary/aromatic N) is 2. The molecule has 0 saturated carbocycles. The van der Waals surface area contributed by atoms with Crippen LogP contribution in [0.2, 0.25) is 0 Å². The van der Waals surface area contributed by atoms with Gasteiger partial charge in [-0.05, 0) is 90.3 Å². The van der Waals surface area contributed by atoms with Gasteiger partial charge in [0.1, 0.15) is 0 Å². The summed E-state index contributed by atoms with van der Waals surface area (Å²) in [7, 11) is 1.51. The molecule has 5 aromatic carbocycles. The largest absolute Gasteiger partial charge is 0.493 e. The topological polar surface area (TPSA) is 93.9 Å². The van der Waals surface area contributed by atoms with E-state index in [0.717, 1.165) is 33.8 Å². The molecule has 0 fully saturated rings. The summed E-state index contributed by atoms with van der Waals surface area (Å²) in [5.74, 6) is 0.206. The van der Waals surface area contributed by atoms with Crippen molar-refractivity contribution >= 4 is 23.7 Å². The molecule has 8 nitrogen and oxygen atoms in total. The number of hydrogen-bond donors (Lipinski definition) is 2. The molecule has 1 heterocycles. The second-order valence-electron chi connectivity index (χ2n) is 11.0. The summed E-state index contributed by atoms with van der Waals surface area (Å²) < 4.78 is 13.3. The van der Waals surface area contributed by atoms with Crippen LogP contribution in [-0.4, -0.2) is 36.3 Å². The highest BCUT2D eigenvalue weighted by Crippen LogP contribution is 2.32. The van der Waals surface area contributed by atoms with Crippen molar-refractivity contribution < 1.29 is 19.1 Å². The fourth-order valence-electron chi connectivity index (χ4n) is 5.24. The molecule has 6 rings (SSSR count). The number of benzene rings is 5. The second kappa shape index (κ2) is 14.8. The van der Waals surface area contributed by atoms with E-state index in [4.69, 9.17) is 9.47 Å². The Morgan fingerprint density at radius 1 is 0.729 bits per heavy atom. The number of ether oxygens (including phenoxy) is 2. The molecule has 6 aromatic rings. The molecular formula is C40H34N4O4. The third-order valence-electron chi connectivity index (χ3n) is 7.67. The Morgan fingerprint density at radius 3 is 1.96 bits per heavy atom. The van der Waals surface area contributed by atoms with E-state index in [1.54, 1.807) is 30.3 Å². The normalized spacial score (nSPS) is 10.9. The van der Waals surface area contributed by atoms with Gasteiger partial charge in [-0.25, -0.2) is 5.43 Å². The van der Waals surface area contributed by atoms with Crippen molar-refractivity contribution in [1.82, 2.24) is 9.99 Å². The first kappa shape index (κ1) is 31.6. The number of methoxy groups -OCH3 is 1. The van der Waals surface area contributed by atoms with Gasteiger partial charge in [-0.2, -0.15) is 5.10 Å². The van der Waals surface area contributed by atoms with Crippen molar-refractivity contribution in [3.63, 3.8) is 0 Å².